The molecule has 0 aromatic rings. The topological polar surface area (TPSA) is 38.7 Å². The Morgan fingerprint density at radius 3 is 2.90 bits per heavy atom. The van der Waals surface area contributed by atoms with Crippen LogP contribution in [0.15, 0.2) is 12.8 Å². The van der Waals surface area contributed by atoms with Crippen LogP contribution in [-0.4, -0.2) is 29.9 Å². The summed E-state index contributed by atoms with van der Waals surface area (Å²) in [5.74, 6) is 0. The summed E-state index contributed by atoms with van der Waals surface area (Å²) in [6, 6.07) is 0. The zero-order valence-corrected chi connectivity index (χ0v) is 7.21. The molecule has 0 aliphatic heterocycles. The van der Waals surface area contributed by atoms with Gasteiger partial charge in [-0.25, -0.2) is 0 Å². The number of halogens is 1. The summed E-state index contributed by atoms with van der Waals surface area (Å²) >= 11 is 3.17. The van der Waals surface area contributed by atoms with Gasteiger partial charge in [-0.1, -0.05) is 6.58 Å². The number of rotatable bonds is 6. The standard InChI is InChI=1S/C6H11BrO3/c1-2-10-6(7)5-9-4-3-8/h2,6,8H,1,3-5H2. The van der Waals surface area contributed by atoms with Crippen molar-refractivity contribution >= 4 is 15.9 Å². The van der Waals surface area contributed by atoms with E-state index in [0.717, 1.165) is 0 Å². The number of aliphatic hydroxyl groups is 1. The molecule has 10 heavy (non-hydrogen) atoms. The van der Waals surface area contributed by atoms with Crippen molar-refractivity contribution in [3.05, 3.63) is 12.8 Å². The molecular weight excluding hydrogens is 200 g/mol. The van der Waals surface area contributed by atoms with E-state index in [1.54, 1.807) is 0 Å². The van der Waals surface area contributed by atoms with E-state index in [1.807, 2.05) is 0 Å². The normalized spacial score (nSPS) is 12.6. The number of ether oxygens (including phenoxy) is 2. The van der Waals surface area contributed by atoms with E-state index in [9.17, 15) is 0 Å². The Morgan fingerprint density at radius 1 is 1.70 bits per heavy atom. The lowest BCUT2D eigenvalue weighted by Gasteiger charge is -2.08. The van der Waals surface area contributed by atoms with Gasteiger partial charge < -0.3 is 14.6 Å². The largest absolute Gasteiger partial charge is 0.485 e. The summed E-state index contributed by atoms with van der Waals surface area (Å²) in [5.41, 5.74) is 0. The molecule has 4 heteroatoms. The lowest BCUT2D eigenvalue weighted by Crippen LogP contribution is -2.11. The minimum atomic E-state index is -0.170. The molecule has 0 rings (SSSR count). The van der Waals surface area contributed by atoms with Gasteiger partial charge in [-0.2, -0.15) is 0 Å². The van der Waals surface area contributed by atoms with E-state index in [2.05, 4.69) is 22.5 Å². The minimum Gasteiger partial charge on any atom is -0.485 e. The van der Waals surface area contributed by atoms with Crippen molar-refractivity contribution in [2.75, 3.05) is 19.8 Å². The first-order chi connectivity index (χ1) is 4.81. The third-order valence-corrected chi connectivity index (χ3v) is 1.21. The number of alkyl halides is 1. The lowest BCUT2D eigenvalue weighted by molar-refractivity contribution is 0.0505. The highest BCUT2D eigenvalue weighted by Gasteiger charge is 2.00. The molecular formula is C6H11BrO3. The van der Waals surface area contributed by atoms with Crippen LogP contribution in [0, 0.1) is 0 Å². The van der Waals surface area contributed by atoms with E-state index in [4.69, 9.17) is 14.6 Å². The second-order valence-electron chi connectivity index (χ2n) is 1.51. The molecule has 60 valence electrons. The molecule has 0 aromatic heterocycles. The van der Waals surface area contributed by atoms with E-state index < -0.39 is 0 Å². The molecule has 3 nitrogen and oxygen atoms in total. The highest BCUT2D eigenvalue weighted by molar-refractivity contribution is 9.09. The molecule has 0 spiro atoms. The van der Waals surface area contributed by atoms with Crippen LogP contribution in [0.5, 0.6) is 0 Å². The molecule has 1 atom stereocenters. The van der Waals surface area contributed by atoms with Crippen LogP contribution in [0.4, 0.5) is 0 Å². The number of hydrogen-bond donors (Lipinski definition) is 1. The Bertz CT molecular complexity index is 87.1. The van der Waals surface area contributed by atoms with Gasteiger partial charge in [-0.15, -0.1) is 0 Å². The first-order valence-electron chi connectivity index (χ1n) is 2.90. The summed E-state index contributed by atoms with van der Waals surface area (Å²) in [7, 11) is 0. The van der Waals surface area contributed by atoms with Gasteiger partial charge in [0.2, 0.25) is 0 Å². The van der Waals surface area contributed by atoms with Crippen molar-refractivity contribution in [1.82, 2.24) is 0 Å². The molecule has 0 heterocycles. The Kier molecular flexibility index (Phi) is 7.01. The van der Waals surface area contributed by atoms with Crippen molar-refractivity contribution in [2.45, 2.75) is 5.01 Å². The summed E-state index contributed by atoms with van der Waals surface area (Å²) < 4.78 is 9.79. The average Bonchev–Trinajstić information content (AvgIpc) is 1.89. The second kappa shape index (κ2) is 7.05. The van der Waals surface area contributed by atoms with Crippen LogP contribution in [-0.2, 0) is 9.47 Å². The van der Waals surface area contributed by atoms with Crippen LogP contribution in [0.3, 0.4) is 0 Å². The molecule has 1 N–H and O–H groups in total. The SMILES string of the molecule is C=COC(Br)COCCO. The van der Waals surface area contributed by atoms with Crippen molar-refractivity contribution in [3.63, 3.8) is 0 Å². The van der Waals surface area contributed by atoms with Gasteiger partial charge in [0.25, 0.3) is 0 Å². The van der Waals surface area contributed by atoms with Crippen molar-refractivity contribution in [3.8, 4) is 0 Å². The zero-order valence-electron chi connectivity index (χ0n) is 5.62. The summed E-state index contributed by atoms with van der Waals surface area (Å²) in [4.78, 5) is 0. The Labute approximate surface area is 68.8 Å². The maximum Gasteiger partial charge on any atom is 0.175 e. The van der Waals surface area contributed by atoms with Gasteiger partial charge in [0.15, 0.2) is 5.01 Å². The number of hydrogen-bond acceptors (Lipinski definition) is 3. The first-order valence-corrected chi connectivity index (χ1v) is 3.82. The fraction of sp³-hybridized carbons (Fsp3) is 0.667. The maximum atomic E-state index is 8.31. The van der Waals surface area contributed by atoms with Gasteiger partial charge in [0.1, 0.15) is 0 Å². The quantitative estimate of drug-likeness (QED) is 0.402. The smallest absolute Gasteiger partial charge is 0.175 e. The molecule has 0 aromatic carbocycles. The molecule has 0 saturated carbocycles. The Morgan fingerprint density at radius 2 is 2.40 bits per heavy atom. The van der Waals surface area contributed by atoms with Crippen LogP contribution in [0.2, 0.25) is 0 Å². The van der Waals surface area contributed by atoms with Crippen LogP contribution < -0.4 is 0 Å². The average molecular weight is 211 g/mol. The fourth-order valence-corrected chi connectivity index (χ4v) is 0.724. The Hall–Kier alpha value is -0.0600. The minimum absolute atomic E-state index is 0.0355. The van der Waals surface area contributed by atoms with E-state index in [-0.39, 0.29) is 11.6 Å². The van der Waals surface area contributed by atoms with E-state index in [0.29, 0.717) is 13.2 Å². The lowest BCUT2D eigenvalue weighted by atomic mass is 10.7. The van der Waals surface area contributed by atoms with Crippen LogP contribution in [0.25, 0.3) is 0 Å². The van der Waals surface area contributed by atoms with Gasteiger partial charge in [0, 0.05) is 0 Å². The van der Waals surface area contributed by atoms with Crippen molar-refractivity contribution in [1.29, 1.82) is 0 Å². The molecule has 0 amide bonds. The fourth-order valence-electron chi connectivity index (χ4n) is 0.384. The van der Waals surface area contributed by atoms with Crippen LogP contribution in [0.1, 0.15) is 0 Å². The molecule has 0 aliphatic rings. The van der Waals surface area contributed by atoms with Crippen LogP contribution >= 0.6 is 15.9 Å². The van der Waals surface area contributed by atoms with Gasteiger partial charge in [-0.3, -0.25) is 0 Å². The third-order valence-electron chi connectivity index (χ3n) is 0.728. The predicted octanol–water partition coefficient (Wildman–Crippen LogP) is 0.876. The highest BCUT2D eigenvalue weighted by Crippen LogP contribution is 2.01. The molecule has 0 fully saturated rings. The van der Waals surface area contributed by atoms with Gasteiger partial charge >= 0.3 is 0 Å². The molecule has 0 bridgehead atoms. The van der Waals surface area contributed by atoms with E-state index in [1.165, 1.54) is 6.26 Å². The summed E-state index contributed by atoms with van der Waals surface area (Å²) in [6.45, 7) is 4.15. The molecule has 1 unspecified atom stereocenters. The summed E-state index contributed by atoms with van der Waals surface area (Å²) in [5, 5.41) is 8.14. The number of aliphatic hydroxyl groups excluding tert-OH is 1. The van der Waals surface area contributed by atoms with Gasteiger partial charge in [-0.05, 0) is 15.9 Å². The second-order valence-corrected chi connectivity index (χ2v) is 2.53. The molecule has 0 aliphatic carbocycles. The zero-order chi connectivity index (χ0) is 7.82. The third kappa shape index (κ3) is 6.07. The maximum absolute atomic E-state index is 8.31. The summed E-state index contributed by atoms with van der Waals surface area (Å²) in [6.07, 6.45) is 1.34. The van der Waals surface area contributed by atoms with Gasteiger partial charge in [0.05, 0.1) is 26.1 Å². The van der Waals surface area contributed by atoms with Crippen molar-refractivity contribution < 1.29 is 14.6 Å². The molecule has 0 saturated heterocycles. The van der Waals surface area contributed by atoms with E-state index >= 15 is 0 Å². The monoisotopic (exact) mass is 210 g/mol. The first kappa shape index (κ1) is 9.94. The Balaban J connectivity index is 3.04. The highest BCUT2D eigenvalue weighted by atomic mass is 79.9. The predicted molar refractivity (Wildman–Crippen MR) is 41.9 cm³/mol. The molecule has 0 radical (unpaired) electrons. The van der Waals surface area contributed by atoms with Crippen molar-refractivity contribution in [2.24, 2.45) is 0 Å².